The van der Waals surface area contributed by atoms with Gasteiger partial charge >= 0.3 is 0 Å². The van der Waals surface area contributed by atoms with Gasteiger partial charge in [0.25, 0.3) is 5.91 Å². The Morgan fingerprint density at radius 2 is 2.33 bits per heavy atom. The molecule has 1 aliphatic carbocycles. The summed E-state index contributed by atoms with van der Waals surface area (Å²) in [7, 11) is 0. The zero-order chi connectivity index (χ0) is 15.2. The second-order valence-corrected chi connectivity index (χ2v) is 6.05. The Morgan fingerprint density at radius 3 is 3.05 bits per heavy atom. The molecule has 0 aliphatic heterocycles. The fourth-order valence-electron chi connectivity index (χ4n) is 2.45. The maximum absolute atomic E-state index is 11.7. The van der Waals surface area contributed by atoms with Crippen molar-refractivity contribution < 1.29 is 9.53 Å². The lowest BCUT2D eigenvalue weighted by Crippen LogP contribution is -2.27. The number of halogens is 1. The van der Waals surface area contributed by atoms with Crippen LogP contribution in [0.25, 0.3) is 0 Å². The number of rotatable bonds is 4. The van der Waals surface area contributed by atoms with Crippen molar-refractivity contribution in [1.82, 2.24) is 5.43 Å². The van der Waals surface area contributed by atoms with Crippen LogP contribution in [0.5, 0.6) is 5.75 Å². The summed E-state index contributed by atoms with van der Waals surface area (Å²) in [5.74, 6) is 1.07. The molecule has 1 aromatic carbocycles. The Labute approximate surface area is 130 Å². The van der Waals surface area contributed by atoms with E-state index in [4.69, 9.17) is 16.3 Å². The Balaban J connectivity index is 1.80. The average molecular weight is 309 g/mol. The largest absolute Gasteiger partial charge is 0.483 e. The molecule has 1 aromatic rings. The lowest BCUT2D eigenvalue weighted by molar-refractivity contribution is -0.123. The Hall–Kier alpha value is -1.55. The normalized spacial score (nSPS) is 20.3. The van der Waals surface area contributed by atoms with Gasteiger partial charge in [0.2, 0.25) is 0 Å². The highest BCUT2D eigenvalue weighted by molar-refractivity contribution is 6.30. The Kier molecular flexibility index (Phi) is 5.62. The molecular formula is C16H21ClN2O2. The maximum atomic E-state index is 11.7. The third-order valence-electron chi connectivity index (χ3n) is 3.58. The Bertz CT molecular complexity index is 543. The molecule has 21 heavy (non-hydrogen) atoms. The van der Waals surface area contributed by atoms with E-state index in [0.29, 0.717) is 16.7 Å². The van der Waals surface area contributed by atoms with Gasteiger partial charge < -0.3 is 4.74 Å². The molecule has 5 heteroatoms. The van der Waals surface area contributed by atoms with Crippen molar-refractivity contribution in [3.8, 4) is 5.75 Å². The van der Waals surface area contributed by atoms with E-state index in [9.17, 15) is 4.79 Å². The van der Waals surface area contributed by atoms with Crippen LogP contribution in [0.3, 0.4) is 0 Å². The van der Waals surface area contributed by atoms with Crippen molar-refractivity contribution in [3.05, 3.63) is 28.8 Å². The molecule has 1 saturated carbocycles. The summed E-state index contributed by atoms with van der Waals surface area (Å²) in [6.45, 7) is 4.06. The third-order valence-corrected chi connectivity index (χ3v) is 3.82. The van der Waals surface area contributed by atoms with Crippen molar-refractivity contribution in [1.29, 1.82) is 0 Å². The lowest BCUT2D eigenvalue weighted by Gasteiger charge is -2.18. The predicted octanol–water partition coefficient (Wildman–Crippen LogP) is 3.71. The van der Waals surface area contributed by atoms with Crippen molar-refractivity contribution in [2.24, 2.45) is 11.0 Å². The molecule has 1 atom stereocenters. The van der Waals surface area contributed by atoms with E-state index in [2.05, 4.69) is 17.5 Å². The van der Waals surface area contributed by atoms with Crippen LogP contribution < -0.4 is 10.2 Å². The maximum Gasteiger partial charge on any atom is 0.277 e. The molecule has 0 bridgehead atoms. The fraction of sp³-hybridized carbons (Fsp3) is 0.500. The summed E-state index contributed by atoms with van der Waals surface area (Å²) in [4.78, 5) is 11.7. The van der Waals surface area contributed by atoms with E-state index in [0.717, 1.165) is 30.5 Å². The molecular weight excluding hydrogens is 288 g/mol. The molecule has 0 saturated heterocycles. The van der Waals surface area contributed by atoms with Gasteiger partial charge in [-0.25, -0.2) is 5.43 Å². The molecule has 114 valence electrons. The van der Waals surface area contributed by atoms with Crippen LogP contribution in [0.1, 0.15) is 38.2 Å². The summed E-state index contributed by atoms with van der Waals surface area (Å²) in [5, 5.41) is 4.85. The number of hydrogen-bond acceptors (Lipinski definition) is 3. The number of carbonyl (C=O) groups excluding carboxylic acids is 1. The Morgan fingerprint density at radius 1 is 1.52 bits per heavy atom. The monoisotopic (exact) mass is 308 g/mol. The highest BCUT2D eigenvalue weighted by Crippen LogP contribution is 2.22. The van der Waals surface area contributed by atoms with Gasteiger partial charge in [0.05, 0.1) is 0 Å². The van der Waals surface area contributed by atoms with Crippen LogP contribution in [-0.2, 0) is 4.79 Å². The SMILES string of the molecule is Cc1cc(Cl)ccc1OCC(=O)N/N=C1/CCC[C@H](C)C1. The molecule has 0 heterocycles. The topological polar surface area (TPSA) is 50.7 Å². The van der Waals surface area contributed by atoms with Gasteiger partial charge in [0, 0.05) is 10.7 Å². The molecule has 1 aliphatic rings. The molecule has 1 amide bonds. The summed E-state index contributed by atoms with van der Waals surface area (Å²) < 4.78 is 5.47. The van der Waals surface area contributed by atoms with E-state index in [1.165, 1.54) is 6.42 Å². The van der Waals surface area contributed by atoms with Gasteiger partial charge in [-0.05, 0) is 62.3 Å². The smallest absolute Gasteiger partial charge is 0.277 e. The quantitative estimate of drug-likeness (QED) is 0.862. The summed E-state index contributed by atoms with van der Waals surface area (Å²) in [6.07, 6.45) is 4.33. The molecule has 1 N–H and O–H groups in total. The van der Waals surface area contributed by atoms with E-state index >= 15 is 0 Å². The average Bonchev–Trinajstić information content (AvgIpc) is 2.44. The predicted molar refractivity (Wildman–Crippen MR) is 84.9 cm³/mol. The number of nitrogens with one attached hydrogen (secondary N) is 1. The fourth-order valence-corrected chi connectivity index (χ4v) is 2.68. The van der Waals surface area contributed by atoms with Crippen molar-refractivity contribution in [3.63, 3.8) is 0 Å². The first kappa shape index (κ1) is 15.8. The minimum atomic E-state index is -0.241. The van der Waals surface area contributed by atoms with Crippen LogP contribution in [0.15, 0.2) is 23.3 Å². The van der Waals surface area contributed by atoms with E-state index in [-0.39, 0.29) is 12.5 Å². The van der Waals surface area contributed by atoms with Gasteiger partial charge in [-0.2, -0.15) is 5.10 Å². The van der Waals surface area contributed by atoms with Crippen LogP contribution >= 0.6 is 11.6 Å². The number of hydrogen-bond donors (Lipinski definition) is 1. The zero-order valence-corrected chi connectivity index (χ0v) is 13.2. The van der Waals surface area contributed by atoms with Gasteiger partial charge in [0.15, 0.2) is 6.61 Å². The minimum Gasteiger partial charge on any atom is -0.483 e. The second kappa shape index (κ2) is 7.46. The number of hydrazone groups is 1. The van der Waals surface area contributed by atoms with Crippen LogP contribution in [0, 0.1) is 12.8 Å². The third kappa shape index (κ3) is 5.05. The number of amides is 1. The van der Waals surface area contributed by atoms with Gasteiger partial charge in [-0.3, -0.25) is 4.79 Å². The number of nitrogens with zero attached hydrogens (tertiary/aromatic N) is 1. The van der Waals surface area contributed by atoms with E-state index in [1.807, 2.05) is 6.92 Å². The standard InChI is InChI=1S/C16H21ClN2O2/c1-11-4-3-5-14(8-11)18-19-16(20)10-21-15-7-6-13(17)9-12(15)2/h6-7,9,11H,3-5,8,10H2,1-2H3,(H,19,20)/b18-14-/t11-/m0/s1. The van der Waals surface area contributed by atoms with Gasteiger partial charge in [-0.1, -0.05) is 18.5 Å². The van der Waals surface area contributed by atoms with Crippen LogP contribution in [-0.4, -0.2) is 18.2 Å². The van der Waals surface area contributed by atoms with E-state index in [1.54, 1.807) is 18.2 Å². The first-order valence-electron chi connectivity index (χ1n) is 7.28. The lowest BCUT2D eigenvalue weighted by atomic mass is 9.89. The van der Waals surface area contributed by atoms with Crippen molar-refractivity contribution in [2.45, 2.75) is 39.5 Å². The van der Waals surface area contributed by atoms with Crippen molar-refractivity contribution >= 4 is 23.2 Å². The molecule has 1 fully saturated rings. The number of ether oxygens (including phenoxy) is 1. The second-order valence-electron chi connectivity index (χ2n) is 5.61. The number of aryl methyl sites for hydroxylation is 1. The molecule has 4 nitrogen and oxygen atoms in total. The highest BCUT2D eigenvalue weighted by Gasteiger charge is 2.14. The molecule has 0 radical (unpaired) electrons. The minimum absolute atomic E-state index is 0.0468. The van der Waals surface area contributed by atoms with Crippen LogP contribution in [0.4, 0.5) is 0 Å². The van der Waals surface area contributed by atoms with Crippen LogP contribution in [0.2, 0.25) is 5.02 Å². The summed E-state index contributed by atoms with van der Waals surface area (Å²) in [6, 6.07) is 5.31. The first-order valence-corrected chi connectivity index (χ1v) is 7.65. The summed E-state index contributed by atoms with van der Waals surface area (Å²) >= 11 is 5.87. The van der Waals surface area contributed by atoms with E-state index < -0.39 is 0 Å². The number of carbonyl (C=O) groups is 1. The summed E-state index contributed by atoms with van der Waals surface area (Å²) in [5.41, 5.74) is 4.55. The highest BCUT2D eigenvalue weighted by atomic mass is 35.5. The van der Waals surface area contributed by atoms with Crippen molar-refractivity contribution in [2.75, 3.05) is 6.61 Å². The first-order chi connectivity index (χ1) is 10.0. The molecule has 0 spiro atoms. The van der Waals surface area contributed by atoms with Gasteiger partial charge in [0.1, 0.15) is 5.75 Å². The van der Waals surface area contributed by atoms with Gasteiger partial charge in [-0.15, -0.1) is 0 Å². The molecule has 0 aromatic heterocycles. The number of benzene rings is 1. The zero-order valence-electron chi connectivity index (χ0n) is 12.5. The molecule has 0 unspecified atom stereocenters. The molecule has 2 rings (SSSR count).